The lowest BCUT2D eigenvalue weighted by Gasteiger charge is -2.46. The molecule has 6 nitrogen and oxygen atoms in total. The lowest BCUT2D eigenvalue weighted by Crippen LogP contribution is -2.43. The van der Waals surface area contributed by atoms with E-state index >= 15 is 4.39 Å². The monoisotopic (exact) mass is 555 g/mol. The van der Waals surface area contributed by atoms with Crippen molar-refractivity contribution in [2.75, 3.05) is 18.0 Å². The third-order valence-corrected chi connectivity index (χ3v) is 8.83. The Morgan fingerprint density at radius 2 is 1.85 bits per heavy atom. The molecule has 0 bridgehead atoms. The number of rotatable bonds is 5. The van der Waals surface area contributed by atoms with E-state index in [0.29, 0.717) is 35.3 Å². The zero-order valence-electron chi connectivity index (χ0n) is 22.9. The molecule has 0 spiro atoms. The van der Waals surface area contributed by atoms with Gasteiger partial charge in [0, 0.05) is 31.4 Å². The van der Waals surface area contributed by atoms with Crippen LogP contribution in [-0.2, 0) is 31.7 Å². The molecule has 1 aromatic heterocycles. The van der Waals surface area contributed by atoms with E-state index in [4.69, 9.17) is 0 Å². The minimum atomic E-state index is -4.62. The topological polar surface area (TPSA) is 54.3 Å². The second-order valence-corrected chi connectivity index (χ2v) is 12.1. The fourth-order valence-electron chi connectivity index (χ4n) is 7.11. The summed E-state index contributed by atoms with van der Waals surface area (Å²) in [4.78, 5) is 17.1. The fraction of sp³-hybridized carbons (Fsp3) is 0.500. The van der Waals surface area contributed by atoms with Gasteiger partial charge in [0.05, 0.1) is 17.5 Å². The highest BCUT2D eigenvalue weighted by Gasteiger charge is 2.49. The van der Waals surface area contributed by atoms with Crippen LogP contribution in [0.25, 0.3) is 0 Å². The van der Waals surface area contributed by atoms with E-state index in [0.717, 1.165) is 38.8 Å². The van der Waals surface area contributed by atoms with Gasteiger partial charge in [0.2, 0.25) is 0 Å². The summed E-state index contributed by atoms with van der Waals surface area (Å²) in [7, 11) is 1.84. The summed E-state index contributed by atoms with van der Waals surface area (Å²) in [6.07, 6.45) is 0.550. The number of halogens is 4. The van der Waals surface area contributed by atoms with Gasteiger partial charge >= 0.3 is 6.18 Å². The highest BCUT2D eigenvalue weighted by atomic mass is 19.4. The number of alkyl halides is 3. The van der Waals surface area contributed by atoms with Crippen LogP contribution in [0.3, 0.4) is 0 Å². The molecule has 3 aliphatic rings. The predicted octanol–water partition coefficient (Wildman–Crippen LogP) is 6.08. The van der Waals surface area contributed by atoms with Crippen LogP contribution in [0.2, 0.25) is 0 Å². The van der Waals surface area contributed by atoms with Gasteiger partial charge in [0.15, 0.2) is 0 Å². The zero-order valence-corrected chi connectivity index (χ0v) is 22.9. The number of fused-ring (bicyclic) bond motifs is 1. The number of likely N-dealkylation sites (tertiary alicyclic amines) is 1. The van der Waals surface area contributed by atoms with E-state index in [9.17, 15) is 18.0 Å². The molecule has 3 heterocycles. The average molecular weight is 556 g/mol. The summed E-state index contributed by atoms with van der Waals surface area (Å²) >= 11 is 0. The molecule has 1 atom stereocenters. The van der Waals surface area contributed by atoms with Crippen molar-refractivity contribution in [3.63, 3.8) is 0 Å². The molecule has 6 rings (SSSR count). The SMILES string of the molecule is CC1CC(c2cc(F)cc(N3Cc4c(cc(CN5CCC[C@H](C)C5)cc4C(F)(F)F)C3=O)c2)(c2nncn2C)C1. The number of piperidine rings is 1. The normalized spacial score (nSPS) is 25.3. The van der Waals surface area contributed by atoms with Crippen LogP contribution in [0.5, 0.6) is 0 Å². The fourth-order valence-corrected chi connectivity index (χ4v) is 7.11. The Morgan fingerprint density at radius 3 is 2.50 bits per heavy atom. The van der Waals surface area contributed by atoms with Crippen molar-refractivity contribution < 1.29 is 22.4 Å². The molecule has 1 amide bonds. The molecule has 1 saturated carbocycles. The average Bonchev–Trinajstić information content (AvgIpc) is 3.44. The number of amides is 1. The minimum Gasteiger partial charge on any atom is -0.320 e. The highest BCUT2D eigenvalue weighted by molar-refractivity contribution is 6.10. The molecule has 0 radical (unpaired) electrons. The Labute approximate surface area is 231 Å². The van der Waals surface area contributed by atoms with Gasteiger partial charge < -0.3 is 9.47 Å². The van der Waals surface area contributed by atoms with Crippen molar-refractivity contribution in [2.45, 2.75) is 64.2 Å². The van der Waals surface area contributed by atoms with Gasteiger partial charge in [0.1, 0.15) is 18.0 Å². The maximum atomic E-state index is 15.1. The summed E-state index contributed by atoms with van der Waals surface area (Å²) < 4.78 is 59.8. The molecule has 3 aromatic rings. The number of aryl methyl sites for hydroxylation is 1. The quantitative estimate of drug-likeness (QED) is 0.358. The first-order valence-electron chi connectivity index (χ1n) is 13.9. The molecule has 2 aliphatic heterocycles. The molecule has 40 heavy (non-hydrogen) atoms. The Bertz CT molecular complexity index is 1460. The Hall–Kier alpha value is -3.27. The van der Waals surface area contributed by atoms with Crippen LogP contribution in [-0.4, -0.2) is 38.7 Å². The molecule has 2 fully saturated rings. The summed E-state index contributed by atoms with van der Waals surface area (Å²) in [5, 5.41) is 8.32. The summed E-state index contributed by atoms with van der Waals surface area (Å²) in [5.74, 6) is 0.480. The van der Waals surface area contributed by atoms with E-state index in [-0.39, 0.29) is 23.4 Å². The van der Waals surface area contributed by atoms with E-state index in [2.05, 4.69) is 28.9 Å². The first kappa shape index (κ1) is 26.9. The van der Waals surface area contributed by atoms with Crippen molar-refractivity contribution in [3.8, 4) is 0 Å². The van der Waals surface area contributed by atoms with Gasteiger partial charge in [-0.2, -0.15) is 13.2 Å². The summed E-state index contributed by atoms with van der Waals surface area (Å²) in [5.41, 5.74) is -0.0120. The van der Waals surface area contributed by atoms with Gasteiger partial charge in [-0.15, -0.1) is 10.2 Å². The van der Waals surface area contributed by atoms with Gasteiger partial charge in [-0.05, 0) is 91.1 Å². The standard InChI is InChI=1S/C30H33F4N5O/c1-18-5-4-6-38(14-18)15-20-7-24-25(26(8-20)30(32,33)34)16-39(27(24)40)23-10-21(9-22(31)11-23)29(12-19(2)13-29)28-36-35-17-37(28)3/h7-11,17-19H,4-6,12-16H2,1-3H3/t18-,19?,29?/m0/s1. The van der Waals surface area contributed by atoms with Crippen molar-refractivity contribution >= 4 is 11.6 Å². The van der Waals surface area contributed by atoms with Gasteiger partial charge in [-0.3, -0.25) is 9.69 Å². The minimum absolute atomic E-state index is 0.0426. The van der Waals surface area contributed by atoms with Crippen LogP contribution in [0.1, 0.15) is 78.0 Å². The number of carbonyl (C=O) groups is 1. The van der Waals surface area contributed by atoms with E-state index < -0.39 is 28.9 Å². The van der Waals surface area contributed by atoms with Gasteiger partial charge in [-0.25, -0.2) is 4.39 Å². The lowest BCUT2D eigenvalue weighted by molar-refractivity contribution is -0.138. The Morgan fingerprint density at radius 1 is 1.07 bits per heavy atom. The lowest BCUT2D eigenvalue weighted by atomic mass is 9.58. The number of nitrogens with zero attached hydrogens (tertiary/aromatic N) is 5. The zero-order chi connectivity index (χ0) is 28.4. The number of hydrogen-bond donors (Lipinski definition) is 0. The third-order valence-electron chi connectivity index (χ3n) is 8.83. The number of aromatic nitrogens is 3. The van der Waals surface area contributed by atoms with Crippen LogP contribution in [0, 0.1) is 17.7 Å². The molecule has 1 saturated heterocycles. The smallest absolute Gasteiger partial charge is 0.320 e. The molecule has 212 valence electrons. The molecule has 2 aromatic carbocycles. The molecular weight excluding hydrogens is 522 g/mol. The Kier molecular flexibility index (Phi) is 6.52. The van der Waals surface area contributed by atoms with Crippen LogP contribution in [0.15, 0.2) is 36.7 Å². The van der Waals surface area contributed by atoms with Gasteiger partial charge in [0.25, 0.3) is 5.91 Å². The van der Waals surface area contributed by atoms with Crippen molar-refractivity contribution in [2.24, 2.45) is 18.9 Å². The van der Waals surface area contributed by atoms with Gasteiger partial charge in [-0.1, -0.05) is 13.8 Å². The summed E-state index contributed by atoms with van der Waals surface area (Å²) in [6, 6.07) is 7.18. The first-order valence-corrected chi connectivity index (χ1v) is 13.9. The molecule has 0 unspecified atom stereocenters. The van der Waals surface area contributed by atoms with E-state index in [1.165, 1.54) is 23.1 Å². The third kappa shape index (κ3) is 4.60. The maximum absolute atomic E-state index is 15.1. The molecular formula is C30H33F4N5O. The largest absolute Gasteiger partial charge is 0.416 e. The number of anilines is 1. The van der Waals surface area contributed by atoms with Crippen LogP contribution in [0.4, 0.5) is 23.2 Å². The van der Waals surface area contributed by atoms with E-state index in [1.54, 1.807) is 18.5 Å². The number of benzene rings is 2. The van der Waals surface area contributed by atoms with Crippen molar-refractivity contribution in [1.82, 2.24) is 19.7 Å². The second-order valence-electron chi connectivity index (χ2n) is 12.1. The van der Waals surface area contributed by atoms with Crippen LogP contribution >= 0.6 is 0 Å². The number of hydrogen-bond acceptors (Lipinski definition) is 4. The number of carbonyl (C=O) groups excluding carboxylic acids is 1. The second kappa shape index (κ2) is 9.68. The van der Waals surface area contributed by atoms with Crippen LogP contribution < -0.4 is 4.90 Å². The van der Waals surface area contributed by atoms with Crippen molar-refractivity contribution in [1.29, 1.82) is 0 Å². The molecule has 0 N–H and O–H groups in total. The predicted molar refractivity (Wildman–Crippen MR) is 142 cm³/mol. The first-order chi connectivity index (χ1) is 18.9. The van der Waals surface area contributed by atoms with E-state index in [1.807, 2.05) is 11.6 Å². The molecule has 1 aliphatic carbocycles. The molecule has 10 heteroatoms. The highest BCUT2D eigenvalue weighted by Crippen LogP contribution is 2.52. The van der Waals surface area contributed by atoms with Crippen molar-refractivity contribution in [3.05, 3.63) is 76.1 Å². The Balaban J connectivity index is 1.37. The maximum Gasteiger partial charge on any atom is 0.416 e. The summed E-state index contributed by atoms with van der Waals surface area (Å²) in [6.45, 7) is 5.98.